The van der Waals surface area contributed by atoms with E-state index in [1.54, 1.807) is 48.5 Å². The van der Waals surface area contributed by atoms with Gasteiger partial charge >= 0.3 is 0 Å². The van der Waals surface area contributed by atoms with Crippen LogP contribution in [0.25, 0.3) is 0 Å². The zero-order chi connectivity index (χ0) is 27.5. The van der Waals surface area contributed by atoms with E-state index in [1.165, 1.54) is 0 Å². The van der Waals surface area contributed by atoms with Crippen LogP contribution in [0.3, 0.4) is 0 Å². The highest BCUT2D eigenvalue weighted by molar-refractivity contribution is 7.80. The number of thiocarbonyl (C=S) groups is 1. The van der Waals surface area contributed by atoms with Gasteiger partial charge in [-0.25, -0.2) is 0 Å². The number of nitrogens with one attached hydrogen (secondary N) is 3. The third-order valence-corrected chi connectivity index (χ3v) is 5.97. The molecule has 39 heavy (non-hydrogen) atoms. The van der Waals surface area contributed by atoms with Crippen molar-refractivity contribution in [2.45, 2.75) is 13.0 Å². The quantitative estimate of drug-likeness (QED) is 0.175. The second-order valence-corrected chi connectivity index (χ2v) is 9.01. The Morgan fingerprint density at radius 1 is 0.744 bits per heavy atom. The van der Waals surface area contributed by atoms with Gasteiger partial charge < -0.3 is 20.1 Å². The lowest BCUT2D eigenvalue weighted by Gasteiger charge is -2.15. The Hall–Kier alpha value is -4.69. The van der Waals surface area contributed by atoms with Crippen molar-refractivity contribution in [2.75, 3.05) is 18.5 Å². The average molecular weight is 540 g/mol. The molecule has 3 N–H and O–H groups in total. The molecule has 0 aromatic heterocycles. The molecule has 1 atom stereocenters. The highest BCUT2D eigenvalue weighted by atomic mass is 32.1. The zero-order valence-corrected chi connectivity index (χ0v) is 22.2. The van der Waals surface area contributed by atoms with E-state index in [-0.39, 0.29) is 23.7 Å². The maximum Gasteiger partial charge on any atom is 0.261 e. The van der Waals surface area contributed by atoms with Gasteiger partial charge in [0.1, 0.15) is 24.7 Å². The van der Waals surface area contributed by atoms with Crippen molar-refractivity contribution in [3.05, 3.63) is 126 Å². The molecular formula is C31H29N3O4S. The maximum atomic E-state index is 12.9. The van der Waals surface area contributed by atoms with E-state index in [1.807, 2.05) is 67.6 Å². The lowest BCUT2D eigenvalue weighted by atomic mass is 10.1. The van der Waals surface area contributed by atoms with Gasteiger partial charge in [-0.15, -0.1) is 0 Å². The van der Waals surface area contributed by atoms with Crippen LogP contribution < -0.4 is 25.4 Å². The van der Waals surface area contributed by atoms with Crippen molar-refractivity contribution in [3.63, 3.8) is 0 Å². The summed E-state index contributed by atoms with van der Waals surface area (Å²) in [6, 6.07) is 32.8. The number of hydrogen-bond donors (Lipinski definition) is 3. The lowest BCUT2D eigenvalue weighted by Crippen LogP contribution is -2.34. The minimum atomic E-state index is -0.405. The first-order valence-corrected chi connectivity index (χ1v) is 12.9. The van der Waals surface area contributed by atoms with Crippen LogP contribution in [0.2, 0.25) is 0 Å². The topological polar surface area (TPSA) is 88.7 Å². The molecule has 0 aliphatic heterocycles. The van der Waals surface area contributed by atoms with E-state index < -0.39 is 5.91 Å². The van der Waals surface area contributed by atoms with Crippen molar-refractivity contribution in [1.82, 2.24) is 10.6 Å². The van der Waals surface area contributed by atoms with E-state index in [0.29, 0.717) is 29.2 Å². The van der Waals surface area contributed by atoms with Crippen molar-refractivity contribution in [3.8, 4) is 11.5 Å². The van der Waals surface area contributed by atoms with Crippen LogP contribution in [0.4, 0.5) is 5.69 Å². The standard InChI is InChI=1S/C31H29N3O4S/c1-22(23-10-4-2-5-11-23)32-29(35)24-16-18-25(19-17-24)33-31(39)34-30(36)27-14-8-9-15-28(27)38-21-20-37-26-12-6-3-7-13-26/h2-19,22H,20-21H2,1H3,(H,32,35)(H2,33,34,36,39). The van der Waals surface area contributed by atoms with E-state index >= 15 is 0 Å². The van der Waals surface area contributed by atoms with Crippen molar-refractivity contribution in [2.24, 2.45) is 0 Å². The monoisotopic (exact) mass is 539 g/mol. The van der Waals surface area contributed by atoms with Crippen LogP contribution in [0, 0.1) is 0 Å². The number of para-hydroxylation sites is 2. The van der Waals surface area contributed by atoms with E-state index in [4.69, 9.17) is 21.7 Å². The number of ether oxygens (including phenoxy) is 2. The Balaban J connectivity index is 1.27. The molecule has 7 nitrogen and oxygen atoms in total. The van der Waals surface area contributed by atoms with Crippen LogP contribution in [0.15, 0.2) is 109 Å². The van der Waals surface area contributed by atoms with Gasteiger partial charge in [0.2, 0.25) is 0 Å². The Morgan fingerprint density at radius 2 is 1.36 bits per heavy atom. The van der Waals surface area contributed by atoms with Crippen LogP contribution in [-0.2, 0) is 0 Å². The first kappa shape index (κ1) is 27.3. The molecule has 1 unspecified atom stereocenters. The third kappa shape index (κ3) is 8.15. The Labute approximate surface area is 233 Å². The molecule has 0 aliphatic carbocycles. The minimum absolute atomic E-state index is 0.122. The molecule has 0 aliphatic rings. The lowest BCUT2D eigenvalue weighted by molar-refractivity contribution is 0.0938. The molecule has 0 bridgehead atoms. The Morgan fingerprint density at radius 3 is 2.08 bits per heavy atom. The molecule has 0 spiro atoms. The predicted octanol–water partition coefficient (Wildman–Crippen LogP) is 5.76. The molecule has 4 aromatic rings. The van der Waals surface area contributed by atoms with E-state index in [2.05, 4.69) is 16.0 Å². The summed E-state index contributed by atoms with van der Waals surface area (Å²) in [5, 5.41) is 8.76. The Bertz CT molecular complexity index is 1400. The minimum Gasteiger partial charge on any atom is -0.490 e. The third-order valence-electron chi connectivity index (χ3n) is 5.76. The molecule has 198 valence electrons. The maximum absolute atomic E-state index is 12.9. The number of hydrogen-bond acceptors (Lipinski definition) is 5. The van der Waals surface area contributed by atoms with Crippen molar-refractivity contribution < 1.29 is 19.1 Å². The van der Waals surface area contributed by atoms with E-state index in [0.717, 1.165) is 11.3 Å². The van der Waals surface area contributed by atoms with Crippen LogP contribution in [-0.4, -0.2) is 30.1 Å². The molecule has 0 fully saturated rings. The highest BCUT2D eigenvalue weighted by Crippen LogP contribution is 2.19. The van der Waals surface area contributed by atoms with Gasteiger partial charge in [0.15, 0.2) is 5.11 Å². The first-order valence-electron chi connectivity index (χ1n) is 12.5. The number of anilines is 1. The number of amides is 2. The van der Waals surface area contributed by atoms with Crippen LogP contribution in [0.5, 0.6) is 11.5 Å². The molecule has 4 aromatic carbocycles. The number of carbonyl (C=O) groups is 2. The van der Waals surface area contributed by atoms with Gasteiger partial charge in [-0.05, 0) is 73.2 Å². The van der Waals surface area contributed by atoms with Gasteiger partial charge in [-0.3, -0.25) is 14.9 Å². The van der Waals surface area contributed by atoms with E-state index in [9.17, 15) is 9.59 Å². The van der Waals surface area contributed by atoms with Gasteiger partial charge in [-0.1, -0.05) is 60.7 Å². The summed E-state index contributed by atoms with van der Waals surface area (Å²) in [5.74, 6) is 0.589. The normalized spacial score (nSPS) is 11.1. The fraction of sp³-hybridized carbons (Fsp3) is 0.129. The smallest absolute Gasteiger partial charge is 0.261 e. The molecule has 0 saturated heterocycles. The first-order chi connectivity index (χ1) is 19.0. The summed E-state index contributed by atoms with van der Waals surface area (Å²) in [4.78, 5) is 25.5. The molecule has 2 amide bonds. The second kappa shape index (κ2) is 13.7. The fourth-order valence-electron chi connectivity index (χ4n) is 3.75. The van der Waals surface area contributed by atoms with Crippen LogP contribution in [0.1, 0.15) is 39.2 Å². The fourth-order valence-corrected chi connectivity index (χ4v) is 3.96. The molecular weight excluding hydrogens is 510 g/mol. The summed E-state index contributed by atoms with van der Waals surface area (Å²) in [6.45, 7) is 2.54. The van der Waals surface area contributed by atoms with Crippen molar-refractivity contribution >= 4 is 34.8 Å². The number of rotatable bonds is 10. The zero-order valence-electron chi connectivity index (χ0n) is 21.4. The summed E-state index contributed by atoms with van der Waals surface area (Å²) in [6.07, 6.45) is 0. The highest BCUT2D eigenvalue weighted by Gasteiger charge is 2.15. The van der Waals surface area contributed by atoms with Gasteiger partial charge in [0, 0.05) is 11.3 Å². The molecule has 0 radical (unpaired) electrons. The molecule has 8 heteroatoms. The summed E-state index contributed by atoms with van der Waals surface area (Å²) in [7, 11) is 0. The SMILES string of the molecule is CC(NC(=O)c1ccc(NC(=S)NC(=O)c2ccccc2OCCOc2ccccc2)cc1)c1ccccc1. The van der Waals surface area contributed by atoms with Gasteiger partial charge in [0.25, 0.3) is 11.8 Å². The summed E-state index contributed by atoms with van der Waals surface area (Å²) in [5.41, 5.74) is 2.52. The largest absolute Gasteiger partial charge is 0.490 e. The molecule has 4 rings (SSSR count). The second-order valence-electron chi connectivity index (χ2n) is 8.60. The van der Waals surface area contributed by atoms with Gasteiger partial charge in [-0.2, -0.15) is 0 Å². The summed E-state index contributed by atoms with van der Waals surface area (Å²) >= 11 is 5.33. The molecule has 0 saturated carbocycles. The van der Waals surface area contributed by atoms with Crippen molar-refractivity contribution in [1.29, 1.82) is 0 Å². The Kier molecular flexibility index (Phi) is 9.63. The molecule has 0 heterocycles. The summed E-state index contributed by atoms with van der Waals surface area (Å²) < 4.78 is 11.4. The number of benzene rings is 4. The average Bonchev–Trinajstić information content (AvgIpc) is 2.96. The predicted molar refractivity (Wildman–Crippen MR) is 156 cm³/mol. The van der Waals surface area contributed by atoms with Crippen LogP contribution >= 0.6 is 12.2 Å². The van der Waals surface area contributed by atoms with Gasteiger partial charge in [0.05, 0.1) is 11.6 Å². The number of carbonyl (C=O) groups excluding carboxylic acids is 2.